The predicted molar refractivity (Wildman–Crippen MR) is 126 cm³/mol. The molecule has 0 atom stereocenters. The minimum Gasteiger partial charge on any atom is -0.462 e. The summed E-state index contributed by atoms with van der Waals surface area (Å²) in [5, 5.41) is 7.92. The van der Waals surface area contributed by atoms with E-state index >= 15 is 0 Å². The molecular formula is C24H25N3O5S. The molecule has 0 unspecified atom stereocenters. The van der Waals surface area contributed by atoms with E-state index in [1.807, 2.05) is 37.3 Å². The van der Waals surface area contributed by atoms with Crippen LogP contribution in [0.1, 0.15) is 46.2 Å². The van der Waals surface area contributed by atoms with Gasteiger partial charge in [-0.25, -0.2) is 14.6 Å². The Kier molecular flexibility index (Phi) is 8.96. The van der Waals surface area contributed by atoms with E-state index in [4.69, 9.17) is 9.47 Å². The standard InChI is InChI=1S/C24H25N3O5S/c1-2-3-13-31-22(29)18-9-11-19(12-10-18)26-21(28)15-32-23(30)20-16-33-24(27-20)25-14-17-7-5-4-6-8-17/h4-12,16H,2-3,13-15H2,1H3,(H,25,27)(H,26,28). The number of benzene rings is 2. The molecule has 0 radical (unpaired) electrons. The van der Waals surface area contributed by atoms with Crippen LogP contribution in [0.15, 0.2) is 60.0 Å². The lowest BCUT2D eigenvalue weighted by Crippen LogP contribution is -2.21. The summed E-state index contributed by atoms with van der Waals surface area (Å²) >= 11 is 1.28. The molecule has 9 heteroatoms. The van der Waals surface area contributed by atoms with Gasteiger partial charge in [0.15, 0.2) is 17.4 Å². The van der Waals surface area contributed by atoms with E-state index in [-0.39, 0.29) is 5.69 Å². The molecule has 0 bridgehead atoms. The molecule has 0 aliphatic carbocycles. The summed E-state index contributed by atoms with van der Waals surface area (Å²) in [7, 11) is 0. The molecular weight excluding hydrogens is 442 g/mol. The quantitative estimate of drug-likeness (QED) is 0.316. The predicted octanol–water partition coefficient (Wildman–Crippen LogP) is 4.51. The first-order valence-corrected chi connectivity index (χ1v) is 11.4. The molecule has 0 aliphatic heterocycles. The highest BCUT2D eigenvalue weighted by molar-refractivity contribution is 7.13. The number of esters is 2. The Balaban J connectivity index is 1.42. The van der Waals surface area contributed by atoms with Crippen molar-refractivity contribution in [2.45, 2.75) is 26.3 Å². The van der Waals surface area contributed by atoms with Crippen molar-refractivity contribution in [2.75, 3.05) is 23.8 Å². The van der Waals surface area contributed by atoms with Crippen molar-refractivity contribution in [3.63, 3.8) is 0 Å². The van der Waals surface area contributed by atoms with Gasteiger partial charge in [0.2, 0.25) is 0 Å². The van der Waals surface area contributed by atoms with Gasteiger partial charge in [0, 0.05) is 17.6 Å². The molecule has 8 nitrogen and oxygen atoms in total. The van der Waals surface area contributed by atoms with Crippen molar-refractivity contribution in [2.24, 2.45) is 0 Å². The van der Waals surface area contributed by atoms with Crippen LogP contribution in [0.4, 0.5) is 10.8 Å². The van der Waals surface area contributed by atoms with Gasteiger partial charge in [-0.3, -0.25) is 4.79 Å². The molecule has 2 aromatic carbocycles. The Hall–Kier alpha value is -3.72. The summed E-state index contributed by atoms with van der Waals surface area (Å²) in [5.74, 6) is -1.59. The van der Waals surface area contributed by atoms with Crippen LogP contribution in [0, 0.1) is 0 Å². The average molecular weight is 468 g/mol. The number of hydrogen-bond donors (Lipinski definition) is 2. The van der Waals surface area contributed by atoms with Crippen molar-refractivity contribution >= 4 is 40.0 Å². The van der Waals surface area contributed by atoms with E-state index in [1.54, 1.807) is 29.6 Å². The number of anilines is 2. The lowest BCUT2D eigenvalue weighted by atomic mass is 10.2. The Labute approximate surface area is 196 Å². The van der Waals surface area contributed by atoms with Crippen LogP contribution < -0.4 is 10.6 Å². The highest BCUT2D eigenvalue weighted by Crippen LogP contribution is 2.17. The Morgan fingerprint density at radius 1 is 0.970 bits per heavy atom. The maximum Gasteiger partial charge on any atom is 0.358 e. The summed E-state index contributed by atoms with van der Waals surface area (Å²) < 4.78 is 10.2. The summed E-state index contributed by atoms with van der Waals surface area (Å²) in [5.41, 5.74) is 2.10. The summed E-state index contributed by atoms with van der Waals surface area (Å²) in [4.78, 5) is 40.4. The minimum atomic E-state index is -0.681. The van der Waals surface area contributed by atoms with Crippen molar-refractivity contribution in [3.8, 4) is 0 Å². The second-order valence-corrected chi connectivity index (χ2v) is 7.93. The van der Waals surface area contributed by atoms with Crippen molar-refractivity contribution in [1.82, 2.24) is 4.98 Å². The number of nitrogens with one attached hydrogen (secondary N) is 2. The number of amides is 1. The Morgan fingerprint density at radius 2 is 1.73 bits per heavy atom. The monoisotopic (exact) mass is 467 g/mol. The second-order valence-electron chi connectivity index (χ2n) is 7.07. The second kappa shape index (κ2) is 12.4. The fraction of sp³-hybridized carbons (Fsp3) is 0.250. The summed E-state index contributed by atoms with van der Waals surface area (Å²) in [6.07, 6.45) is 1.75. The zero-order valence-electron chi connectivity index (χ0n) is 18.2. The normalized spacial score (nSPS) is 10.3. The van der Waals surface area contributed by atoms with Crippen LogP contribution in [0.25, 0.3) is 0 Å². The third kappa shape index (κ3) is 7.73. The number of ether oxygens (including phenoxy) is 2. The molecule has 3 rings (SSSR count). The highest BCUT2D eigenvalue weighted by Gasteiger charge is 2.15. The number of carbonyl (C=O) groups is 3. The average Bonchev–Trinajstić information content (AvgIpc) is 3.32. The zero-order valence-corrected chi connectivity index (χ0v) is 19.0. The fourth-order valence-electron chi connectivity index (χ4n) is 2.71. The largest absolute Gasteiger partial charge is 0.462 e. The van der Waals surface area contributed by atoms with Gasteiger partial charge < -0.3 is 20.1 Å². The van der Waals surface area contributed by atoms with E-state index in [9.17, 15) is 14.4 Å². The SMILES string of the molecule is CCCCOC(=O)c1ccc(NC(=O)COC(=O)c2csc(NCc3ccccc3)n2)cc1. The van der Waals surface area contributed by atoms with Gasteiger partial charge in [0.1, 0.15) is 0 Å². The van der Waals surface area contributed by atoms with Gasteiger partial charge >= 0.3 is 11.9 Å². The molecule has 2 N–H and O–H groups in total. The Bertz CT molecular complexity index is 1070. The van der Waals surface area contributed by atoms with Crippen LogP contribution in [0.5, 0.6) is 0 Å². The van der Waals surface area contributed by atoms with Crippen LogP contribution in [0.2, 0.25) is 0 Å². The first-order valence-electron chi connectivity index (χ1n) is 10.5. The van der Waals surface area contributed by atoms with E-state index in [0.29, 0.717) is 29.5 Å². The van der Waals surface area contributed by atoms with Gasteiger partial charge in [-0.15, -0.1) is 11.3 Å². The van der Waals surface area contributed by atoms with Crippen LogP contribution >= 0.6 is 11.3 Å². The molecule has 0 aliphatic rings. The minimum absolute atomic E-state index is 0.134. The number of unbranched alkanes of at least 4 members (excludes halogenated alkanes) is 1. The number of hydrogen-bond acceptors (Lipinski definition) is 8. The fourth-order valence-corrected chi connectivity index (χ4v) is 3.39. The van der Waals surface area contributed by atoms with Crippen molar-refractivity contribution < 1.29 is 23.9 Å². The first-order chi connectivity index (χ1) is 16.0. The molecule has 172 valence electrons. The number of nitrogens with zero attached hydrogens (tertiary/aromatic N) is 1. The van der Waals surface area contributed by atoms with Gasteiger partial charge in [-0.1, -0.05) is 43.7 Å². The molecule has 0 spiro atoms. The van der Waals surface area contributed by atoms with Crippen LogP contribution in [-0.2, 0) is 20.8 Å². The molecule has 1 amide bonds. The van der Waals surface area contributed by atoms with Crippen molar-refractivity contribution in [1.29, 1.82) is 0 Å². The van der Waals surface area contributed by atoms with Gasteiger partial charge in [-0.2, -0.15) is 0 Å². The summed E-state index contributed by atoms with van der Waals surface area (Å²) in [6.45, 7) is 2.52. The lowest BCUT2D eigenvalue weighted by Gasteiger charge is -2.07. The van der Waals surface area contributed by atoms with Crippen LogP contribution in [0.3, 0.4) is 0 Å². The lowest BCUT2D eigenvalue weighted by molar-refractivity contribution is -0.119. The number of thiazole rings is 1. The van der Waals surface area contributed by atoms with E-state index in [1.165, 1.54) is 11.3 Å². The van der Waals surface area contributed by atoms with Crippen LogP contribution in [-0.4, -0.2) is 36.0 Å². The molecule has 0 fully saturated rings. The number of aromatic nitrogens is 1. The first kappa shape index (κ1) is 23.9. The molecule has 1 aromatic heterocycles. The zero-order chi connectivity index (χ0) is 23.5. The van der Waals surface area contributed by atoms with E-state index in [0.717, 1.165) is 18.4 Å². The third-order valence-corrected chi connectivity index (χ3v) is 5.27. The van der Waals surface area contributed by atoms with E-state index in [2.05, 4.69) is 15.6 Å². The van der Waals surface area contributed by atoms with Crippen molar-refractivity contribution in [3.05, 3.63) is 76.8 Å². The molecule has 1 heterocycles. The third-order valence-electron chi connectivity index (χ3n) is 4.47. The van der Waals surface area contributed by atoms with Gasteiger partial charge in [0.05, 0.1) is 12.2 Å². The molecule has 33 heavy (non-hydrogen) atoms. The van der Waals surface area contributed by atoms with Gasteiger partial charge in [0.25, 0.3) is 5.91 Å². The maximum absolute atomic E-state index is 12.2. The topological polar surface area (TPSA) is 107 Å². The smallest absolute Gasteiger partial charge is 0.358 e. The number of rotatable bonds is 11. The van der Waals surface area contributed by atoms with Gasteiger partial charge in [-0.05, 0) is 36.2 Å². The maximum atomic E-state index is 12.2. The van der Waals surface area contributed by atoms with E-state index < -0.39 is 24.5 Å². The molecule has 0 saturated heterocycles. The molecule has 0 saturated carbocycles. The highest BCUT2D eigenvalue weighted by atomic mass is 32.1. The number of carbonyl (C=O) groups excluding carboxylic acids is 3. The molecule has 3 aromatic rings. The summed E-state index contributed by atoms with van der Waals surface area (Å²) in [6, 6.07) is 16.1. The Morgan fingerprint density at radius 3 is 2.45 bits per heavy atom.